The Labute approximate surface area is 155 Å². The van der Waals surface area contributed by atoms with E-state index in [2.05, 4.69) is 10.3 Å². The van der Waals surface area contributed by atoms with E-state index in [0.29, 0.717) is 11.6 Å². The number of halogens is 1. The van der Waals surface area contributed by atoms with E-state index in [1.54, 1.807) is 7.11 Å². The normalized spacial score (nSPS) is 10.5. The van der Waals surface area contributed by atoms with Crippen LogP contribution in [0.15, 0.2) is 53.9 Å². The SMILES string of the molecule is COc1ccccc1CNC(=O)Cc1csc(-c2ccc(Cl)cc2)n1. The van der Waals surface area contributed by atoms with Crippen molar-refractivity contribution >= 4 is 28.8 Å². The molecule has 128 valence electrons. The second-order valence-corrected chi connectivity index (χ2v) is 6.71. The maximum Gasteiger partial charge on any atom is 0.226 e. The number of hydrogen-bond acceptors (Lipinski definition) is 4. The van der Waals surface area contributed by atoms with Gasteiger partial charge in [-0.1, -0.05) is 41.9 Å². The van der Waals surface area contributed by atoms with Crippen LogP contribution in [-0.4, -0.2) is 18.0 Å². The van der Waals surface area contributed by atoms with Gasteiger partial charge in [0.1, 0.15) is 10.8 Å². The monoisotopic (exact) mass is 372 g/mol. The lowest BCUT2D eigenvalue weighted by atomic mass is 10.2. The lowest BCUT2D eigenvalue weighted by Crippen LogP contribution is -2.24. The molecule has 0 aliphatic carbocycles. The number of methoxy groups -OCH3 is 1. The summed E-state index contributed by atoms with van der Waals surface area (Å²) < 4.78 is 5.29. The van der Waals surface area contributed by atoms with Gasteiger partial charge in [0.2, 0.25) is 5.91 Å². The molecule has 0 spiro atoms. The first kappa shape index (κ1) is 17.5. The topological polar surface area (TPSA) is 51.2 Å². The molecule has 1 N–H and O–H groups in total. The van der Waals surface area contributed by atoms with Gasteiger partial charge in [0.05, 0.1) is 19.2 Å². The molecule has 25 heavy (non-hydrogen) atoms. The van der Waals surface area contributed by atoms with Crippen LogP contribution in [-0.2, 0) is 17.8 Å². The second kappa shape index (κ2) is 8.14. The fraction of sp³-hybridized carbons (Fsp3) is 0.158. The average Bonchev–Trinajstić information content (AvgIpc) is 3.09. The summed E-state index contributed by atoms with van der Waals surface area (Å²) in [5.74, 6) is 0.695. The molecule has 4 nitrogen and oxygen atoms in total. The lowest BCUT2D eigenvalue weighted by Gasteiger charge is -2.09. The maximum absolute atomic E-state index is 12.2. The van der Waals surface area contributed by atoms with Crippen LogP contribution >= 0.6 is 22.9 Å². The Morgan fingerprint density at radius 2 is 1.96 bits per heavy atom. The largest absolute Gasteiger partial charge is 0.496 e. The van der Waals surface area contributed by atoms with E-state index >= 15 is 0 Å². The number of nitrogens with one attached hydrogen (secondary N) is 1. The highest BCUT2D eigenvalue weighted by Gasteiger charge is 2.10. The predicted molar refractivity (Wildman–Crippen MR) is 101 cm³/mol. The highest BCUT2D eigenvalue weighted by Crippen LogP contribution is 2.25. The van der Waals surface area contributed by atoms with Crippen molar-refractivity contribution in [2.45, 2.75) is 13.0 Å². The number of benzene rings is 2. The Hall–Kier alpha value is -2.37. The van der Waals surface area contributed by atoms with E-state index in [1.165, 1.54) is 11.3 Å². The molecular formula is C19H17ClN2O2S. The Kier molecular flexibility index (Phi) is 5.68. The van der Waals surface area contributed by atoms with Crippen molar-refractivity contribution in [1.82, 2.24) is 10.3 Å². The van der Waals surface area contributed by atoms with Gasteiger partial charge in [-0.3, -0.25) is 4.79 Å². The van der Waals surface area contributed by atoms with E-state index in [9.17, 15) is 4.79 Å². The minimum atomic E-state index is -0.0705. The van der Waals surface area contributed by atoms with Crippen LogP contribution < -0.4 is 10.1 Å². The van der Waals surface area contributed by atoms with Gasteiger partial charge in [0.25, 0.3) is 0 Å². The maximum atomic E-state index is 12.2. The lowest BCUT2D eigenvalue weighted by molar-refractivity contribution is -0.120. The summed E-state index contributed by atoms with van der Waals surface area (Å²) in [6.45, 7) is 0.428. The molecule has 0 bridgehead atoms. The van der Waals surface area contributed by atoms with Crippen LogP contribution in [0.3, 0.4) is 0 Å². The van der Waals surface area contributed by atoms with E-state index in [-0.39, 0.29) is 12.3 Å². The summed E-state index contributed by atoms with van der Waals surface area (Å²) in [5, 5.41) is 6.39. The smallest absolute Gasteiger partial charge is 0.226 e. The third kappa shape index (κ3) is 4.59. The van der Waals surface area contributed by atoms with Gasteiger partial charge in [-0.05, 0) is 18.2 Å². The number of rotatable bonds is 6. The quantitative estimate of drug-likeness (QED) is 0.700. The zero-order valence-electron chi connectivity index (χ0n) is 13.7. The van der Waals surface area contributed by atoms with Crippen LogP contribution in [0.2, 0.25) is 5.02 Å². The first-order chi connectivity index (χ1) is 12.2. The number of hydrogen-bond donors (Lipinski definition) is 1. The molecule has 3 rings (SSSR count). The molecule has 1 heterocycles. The molecule has 0 aliphatic heterocycles. The van der Waals surface area contributed by atoms with Crippen molar-refractivity contribution in [3.8, 4) is 16.3 Å². The number of amides is 1. The Balaban J connectivity index is 1.59. The van der Waals surface area contributed by atoms with Crippen LogP contribution in [0.25, 0.3) is 10.6 Å². The third-order valence-corrected chi connectivity index (χ3v) is 4.85. The summed E-state index contributed by atoms with van der Waals surface area (Å²) in [6.07, 6.45) is 0.249. The van der Waals surface area contributed by atoms with Gasteiger partial charge in [-0.2, -0.15) is 0 Å². The highest BCUT2D eigenvalue weighted by atomic mass is 35.5. The van der Waals surface area contributed by atoms with Crippen molar-refractivity contribution < 1.29 is 9.53 Å². The number of para-hydroxylation sites is 1. The van der Waals surface area contributed by atoms with Crippen LogP contribution in [0, 0.1) is 0 Å². The number of ether oxygens (including phenoxy) is 1. The van der Waals surface area contributed by atoms with Crippen LogP contribution in [0.4, 0.5) is 0 Å². The minimum Gasteiger partial charge on any atom is -0.496 e. The summed E-state index contributed by atoms with van der Waals surface area (Å²) in [4.78, 5) is 16.7. The molecular weight excluding hydrogens is 356 g/mol. The molecule has 0 radical (unpaired) electrons. The van der Waals surface area contributed by atoms with Crippen molar-refractivity contribution in [2.24, 2.45) is 0 Å². The first-order valence-electron chi connectivity index (χ1n) is 7.74. The van der Waals surface area contributed by atoms with E-state index in [1.807, 2.05) is 53.9 Å². The van der Waals surface area contributed by atoms with Gasteiger partial charge in [-0.15, -0.1) is 11.3 Å². The summed E-state index contributed by atoms with van der Waals surface area (Å²) >= 11 is 7.42. The molecule has 1 amide bonds. The van der Waals surface area contributed by atoms with E-state index in [0.717, 1.165) is 27.6 Å². The molecule has 0 atom stereocenters. The standard InChI is InChI=1S/C19H17ClN2O2S/c1-24-17-5-3-2-4-14(17)11-21-18(23)10-16-12-25-19(22-16)13-6-8-15(20)9-7-13/h2-9,12H,10-11H2,1H3,(H,21,23). The molecule has 0 unspecified atom stereocenters. The van der Waals surface area contributed by atoms with Gasteiger partial charge >= 0.3 is 0 Å². The van der Waals surface area contributed by atoms with E-state index < -0.39 is 0 Å². The number of thiazole rings is 1. The number of carbonyl (C=O) groups is 1. The molecule has 2 aromatic carbocycles. The average molecular weight is 373 g/mol. The second-order valence-electron chi connectivity index (χ2n) is 5.42. The molecule has 0 aliphatic rings. The Bertz CT molecular complexity index is 862. The molecule has 1 aromatic heterocycles. The molecule has 0 fully saturated rings. The predicted octanol–water partition coefficient (Wildman–Crippen LogP) is 4.33. The number of nitrogens with zero attached hydrogens (tertiary/aromatic N) is 1. The summed E-state index contributed by atoms with van der Waals surface area (Å²) in [6, 6.07) is 15.1. The number of aromatic nitrogens is 1. The minimum absolute atomic E-state index is 0.0705. The zero-order chi connectivity index (χ0) is 17.6. The number of carbonyl (C=O) groups excluding carboxylic acids is 1. The molecule has 6 heteroatoms. The molecule has 0 saturated carbocycles. The van der Waals surface area contributed by atoms with Crippen LogP contribution in [0.5, 0.6) is 5.75 Å². The van der Waals surface area contributed by atoms with Crippen LogP contribution in [0.1, 0.15) is 11.3 Å². The first-order valence-corrected chi connectivity index (χ1v) is 9.00. The van der Waals surface area contributed by atoms with Gasteiger partial charge in [-0.25, -0.2) is 4.98 Å². The van der Waals surface area contributed by atoms with Crippen molar-refractivity contribution in [3.05, 3.63) is 70.2 Å². The Morgan fingerprint density at radius 3 is 2.72 bits per heavy atom. The van der Waals surface area contributed by atoms with E-state index in [4.69, 9.17) is 16.3 Å². The Morgan fingerprint density at radius 1 is 1.20 bits per heavy atom. The molecule has 0 saturated heterocycles. The molecule has 3 aromatic rings. The van der Waals surface area contributed by atoms with Gasteiger partial charge < -0.3 is 10.1 Å². The fourth-order valence-electron chi connectivity index (χ4n) is 2.38. The van der Waals surface area contributed by atoms with Crippen molar-refractivity contribution in [2.75, 3.05) is 7.11 Å². The fourth-order valence-corrected chi connectivity index (χ4v) is 3.33. The summed E-state index contributed by atoms with van der Waals surface area (Å²) in [7, 11) is 1.62. The zero-order valence-corrected chi connectivity index (χ0v) is 15.2. The van der Waals surface area contributed by atoms with Crippen molar-refractivity contribution in [1.29, 1.82) is 0 Å². The van der Waals surface area contributed by atoms with Gasteiger partial charge in [0.15, 0.2) is 0 Å². The third-order valence-electron chi connectivity index (χ3n) is 3.65. The summed E-state index contributed by atoms with van der Waals surface area (Å²) in [5.41, 5.74) is 2.70. The van der Waals surface area contributed by atoms with Crippen molar-refractivity contribution in [3.63, 3.8) is 0 Å². The van der Waals surface area contributed by atoms with Gasteiger partial charge in [0, 0.05) is 28.1 Å². The highest BCUT2D eigenvalue weighted by molar-refractivity contribution is 7.13.